The van der Waals surface area contributed by atoms with Gasteiger partial charge in [-0.1, -0.05) is 6.42 Å². The second-order valence-electron chi connectivity index (χ2n) is 4.15. The van der Waals surface area contributed by atoms with Crippen LogP contribution in [0.1, 0.15) is 26.2 Å². The molecule has 0 radical (unpaired) electrons. The standard InChI is InChI=1S/C6H17O9P3/c1-6(17(10,11)12,18(13,14)15)4-2-3-5-16(7,8)9/h2-5H2,1H3,(H2,7,8,9)(H2,10,11,12)(H2,13,14,15). The van der Waals surface area contributed by atoms with Crippen molar-refractivity contribution in [1.82, 2.24) is 0 Å². The highest BCUT2D eigenvalue weighted by Gasteiger charge is 2.55. The summed E-state index contributed by atoms with van der Waals surface area (Å²) in [5, 5.41) is 0. The van der Waals surface area contributed by atoms with Crippen LogP contribution in [0.25, 0.3) is 0 Å². The maximum Gasteiger partial charge on any atom is 0.343 e. The Morgan fingerprint density at radius 3 is 1.50 bits per heavy atom. The lowest BCUT2D eigenvalue weighted by molar-refractivity contribution is 0.305. The van der Waals surface area contributed by atoms with Gasteiger partial charge in [-0.15, -0.1) is 0 Å². The lowest BCUT2D eigenvalue weighted by Gasteiger charge is -2.30. The highest BCUT2D eigenvalue weighted by atomic mass is 31.2. The van der Waals surface area contributed by atoms with Crippen molar-refractivity contribution in [3.63, 3.8) is 0 Å². The third-order valence-corrected chi connectivity index (χ3v) is 8.02. The molecule has 0 aromatic rings. The minimum Gasteiger partial charge on any atom is -0.324 e. The van der Waals surface area contributed by atoms with Crippen molar-refractivity contribution in [2.24, 2.45) is 0 Å². The Hall–Kier alpha value is 0.450. The molecule has 6 N–H and O–H groups in total. The van der Waals surface area contributed by atoms with E-state index in [2.05, 4.69) is 0 Å². The largest absolute Gasteiger partial charge is 0.343 e. The lowest BCUT2D eigenvalue weighted by atomic mass is 10.2. The summed E-state index contributed by atoms with van der Waals surface area (Å²) in [4.78, 5) is 50.6. The second kappa shape index (κ2) is 5.83. The zero-order valence-electron chi connectivity index (χ0n) is 9.58. The molecule has 0 atom stereocenters. The fourth-order valence-electron chi connectivity index (χ4n) is 1.24. The third-order valence-electron chi connectivity index (χ3n) is 2.60. The molecule has 0 fully saturated rings. The van der Waals surface area contributed by atoms with Crippen molar-refractivity contribution in [3.05, 3.63) is 0 Å². The van der Waals surface area contributed by atoms with Crippen LogP contribution in [0.3, 0.4) is 0 Å². The molecule has 0 spiro atoms. The van der Waals surface area contributed by atoms with Crippen molar-refractivity contribution in [3.8, 4) is 0 Å². The van der Waals surface area contributed by atoms with Crippen LogP contribution < -0.4 is 0 Å². The number of hydrogen-bond donors (Lipinski definition) is 6. The minimum absolute atomic E-state index is 0.0835. The van der Waals surface area contributed by atoms with E-state index in [9.17, 15) is 13.7 Å². The van der Waals surface area contributed by atoms with Crippen molar-refractivity contribution >= 4 is 22.8 Å². The molecule has 0 aliphatic rings. The van der Waals surface area contributed by atoms with Crippen LogP contribution in [0.5, 0.6) is 0 Å². The predicted molar refractivity (Wildman–Crippen MR) is 63.3 cm³/mol. The quantitative estimate of drug-likeness (QED) is 0.286. The Labute approximate surface area is 104 Å². The smallest absolute Gasteiger partial charge is 0.324 e. The van der Waals surface area contributed by atoms with E-state index >= 15 is 0 Å². The highest BCUT2D eigenvalue weighted by Crippen LogP contribution is 2.70. The summed E-state index contributed by atoms with van der Waals surface area (Å²) in [5.74, 6) is 0. The first kappa shape index (κ1) is 18.4. The van der Waals surface area contributed by atoms with Gasteiger partial charge >= 0.3 is 22.8 Å². The molecule has 110 valence electrons. The van der Waals surface area contributed by atoms with Crippen LogP contribution in [-0.4, -0.2) is 40.4 Å². The van der Waals surface area contributed by atoms with E-state index < -0.39 is 40.3 Å². The molecule has 0 saturated heterocycles. The highest BCUT2D eigenvalue weighted by molar-refractivity contribution is 7.72. The summed E-state index contributed by atoms with van der Waals surface area (Å²) in [5.41, 5.74) is 0. The molecule has 0 aromatic heterocycles. The van der Waals surface area contributed by atoms with Crippen LogP contribution in [0, 0.1) is 0 Å². The Morgan fingerprint density at radius 1 is 0.833 bits per heavy atom. The molecular formula is C6H17O9P3. The molecule has 9 nitrogen and oxygen atoms in total. The average molecular weight is 326 g/mol. The maximum absolute atomic E-state index is 11.1. The first-order chi connectivity index (χ1) is 7.71. The van der Waals surface area contributed by atoms with Crippen molar-refractivity contribution in [2.45, 2.75) is 31.1 Å². The molecule has 12 heteroatoms. The van der Waals surface area contributed by atoms with E-state index in [1.807, 2.05) is 0 Å². The van der Waals surface area contributed by atoms with Crippen LogP contribution >= 0.6 is 22.8 Å². The monoisotopic (exact) mass is 326 g/mol. The van der Waals surface area contributed by atoms with E-state index in [4.69, 9.17) is 29.4 Å². The lowest BCUT2D eigenvalue weighted by Crippen LogP contribution is -2.25. The van der Waals surface area contributed by atoms with E-state index in [0.717, 1.165) is 6.92 Å². The molecule has 0 aliphatic carbocycles. The molecular weight excluding hydrogens is 309 g/mol. The van der Waals surface area contributed by atoms with Gasteiger partial charge in [-0.25, -0.2) is 0 Å². The summed E-state index contributed by atoms with van der Waals surface area (Å²) in [6, 6.07) is 0. The Bertz CT molecular complexity index is 392. The van der Waals surface area contributed by atoms with Crippen LogP contribution in [0.15, 0.2) is 0 Å². The van der Waals surface area contributed by atoms with E-state index in [1.54, 1.807) is 0 Å². The van der Waals surface area contributed by atoms with Gasteiger partial charge in [-0.3, -0.25) is 13.7 Å². The van der Waals surface area contributed by atoms with Crippen LogP contribution in [0.2, 0.25) is 0 Å². The number of unbranched alkanes of at least 4 members (excludes halogenated alkanes) is 1. The van der Waals surface area contributed by atoms with Gasteiger partial charge < -0.3 is 29.4 Å². The molecule has 0 rings (SSSR count). The second-order valence-corrected chi connectivity index (χ2v) is 10.4. The molecule has 0 heterocycles. The molecule has 18 heavy (non-hydrogen) atoms. The van der Waals surface area contributed by atoms with E-state index in [0.29, 0.717) is 0 Å². The summed E-state index contributed by atoms with van der Waals surface area (Å²) in [7, 11) is -14.3. The van der Waals surface area contributed by atoms with Gasteiger partial charge in [0, 0.05) is 6.16 Å². The Kier molecular flexibility index (Phi) is 5.98. The SMILES string of the molecule is CC(CCCCP(=O)(O)O)(P(=O)(O)O)P(=O)(O)O. The molecule has 0 saturated carbocycles. The fourth-order valence-corrected chi connectivity index (χ4v) is 4.13. The topological polar surface area (TPSA) is 173 Å². The average Bonchev–Trinajstić information content (AvgIpc) is 2.06. The Balaban J connectivity index is 4.73. The zero-order chi connectivity index (χ0) is 14.8. The van der Waals surface area contributed by atoms with Crippen molar-refractivity contribution in [2.75, 3.05) is 6.16 Å². The van der Waals surface area contributed by atoms with Gasteiger partial charge in [0.25, 0.3) is 0 Å². The summed E-state index contributed by atoms with van der Waals surface area (Å²) in [6.45, 7) is 0.770. The normalized spacial score (nSPS) is 14.8. The van der Waals surface area contributed by atoms with Gasteiger partial charge in [-0.05, 0) is 19.8 Å². The van der Waals surface area contributed by atoms with E-state index in [1.165, 1.54) is 0 Å². The summed E-state index contributed by atoms with van der Waals surface area (Å²) in [6.07, 6.45) is -1.22. The first-order valence-corrected chi connectivity index (χ1v) is 9.89. The number of hydrogen-bond acceptors (Lipinski definition) is 3. The minimum atomic E-state index is -5.05. The van der Waals surface area contributed by atoms with Crippen LogP contribution in [-0.2, 0) is 13.7 Å². The molecule has 0 aromatic carbocycles. The first-order valence-electron chi connectivity index (χ1n) is 4.86. The zero-order valence-corrected chi connectivity index (χ0v) is 12.3. The van der Waals surface area contributed by atoms with Gasteiger partial charge in [-0.2, -0.15) is 0 Å². The summed E-state index contributed by atoms with van der Waals surface area (Å²) < 4.78 is 32.8. The molecule has 0 bridgehead atoms. The van der Waals surface area contributed by atoms with Gasteiger partial charge in [0.05, 0.1) is 0 Å². The van der Waals surface area contributed by atoms with Crippen molar-refractivity contribution < 1.29 is 43.1 Å². The number of rotatable bonds is 7. The van der Waals surface area contributed by atoms with Gasteiger partial charge in [0.15, 0.2) is 4.90 Å². The van der Waals surface area contributed by atoms with Crippen molar-refractivity contribution in [1.29, 1.82) is 0 Å². The predicted octanol–water partition coefficient (Wildman–Crippen LogP) is 0.406. The summed E-state index contributed by atoms with van der Waals surface area (Å²) >= 11 is 0. The Morgan fingerprint density at radius 2 is 1.22 bits per heavy atom. The molecule has 0 unspecified atom stereocenters. The van der Waals surface area contributed by atoms with E-state index in [-0.39, 0.29) is 12.8 Å². The fraction of sp³-hybridized carbons (Fsp3) is 1.00. The molecule has 0 aliphatic heterocycles. The third kappa shape index (κ3) is 5.21. The van der Waals surface area contributed by atoms with Gasteiger partial charge in [0.2, 0.25) is 0 Å². The molecule has 0 amide bonds. The van der Waals surface area contributed by atoms with Crippen LogP contribution in [0.4, 0.5) is 0 Å². The van der Waals surface area contributed by atoms with Gasteiger partial charge in [0.1, 0.15) is 0 Å². The maximum atomic E-state index is 11.1.